The fraction of sp³-hybridized carbons (Fsp3) is 0.722. The van der Waals surface area contributed by atoms with E-state index in [2.05, 4.69) is 41.5 Å². The smallest absolute Gasteiger partial charge is 0.140 e. The van der Waals surface area contributed by atoms with Crippen LogP contribution in [0.15, 0.2) is 22.3 Å². The van der Waals surface area contributed by atoms with Gasteiger partial charge in [0, 0.05) is 12.3 Å². The van der Waals surface area contributed by atoms with Gasteiger partial charge >= 0.3 is 0 Å². The SMILES string of the molecule is CC(C)(C)C1=C2CC3CC(=O)C3C2=C(C(C)(C)C)C1. The summed E-state index contributed by atoms with van der Waals surface area (Å²) >= 11 is 0. The maximum atomic E-state index is 12.0. The standard InChI is InChI=1S/C18H26O/c1-17(2,3)12-9-13(18(4,5)6)16-11(12)7-10-8-14(19)15(10)16/h10,15H,7-9H2,1-6H3. The number of hydrogen-bond acceptors (Lipinski definition) is 1. The van der Waals surface area contributed by atoms with Crippen LogP contribution in [0, 0.1) is 22.7 Å². The highest BCUT2D eigenvalue weighted by Crippen LogP contribution is 2.60. The van der Waals surface area contributed by atoms with Gasteiger partial charge in [-0.15, -0.1) is 0 Å². The summed E-state index contributed by atoms with van der Waals surface area (Å²) in [5.41, 5.74) is 6.62. The van der Waals surface area contributed by atoms with Crippen molar-refractivity contribution in [3.8, 4) is 0 Å². The summed E-state index contributed by atoms with van der Waals surface area (Å²) in [7, 11) is 0. The van der Waals surface area contributed by atoms with Gasteiger partial charge in [0.05, 0.1) is 0 Å². The van der Waals surface area contributed by atoms with Crippen LogP contribution in [0.25, 0.3) is 0 Å². The molecule has 1 heteroatoms. The van der Waals surface area contributed by atoms with Crippen molar-refractivity contribution in [3.05, 3.63) is 22.3 Å². The Kier molecular flexibility index (Phi) is 2.51. The molecule has 0 aromatic heterocycles. The molecule has 2 atom stereocenters. The van der Waals surface area contributed by atoms with E-state index in [1.54, 1.807) is 16.7 Å². The predicted octanol–water partition coefficient (Wildman–Crippen LogP) is 4.68. The normalized spacial score (nSPS) is 30.7. The van der Waals surface area contributed by atoms with E-state index in [-0.39, 0.29) is 16.7 Å². The van der Waals surface area contributed by atoms with Gasteiger partial charge < -0.3 is 0 Å². The minimum Gasteiger partial charge on any atom is -0.299 e. The van der Waals surface area contributed by atoms with Gasteiger partial charge in [-0.25, -0.2) is 0 Å². The number of rotatable bonds is 0. The number of fused-ring (bicyclic) bond motifs is 3. The van der Waals surface area contributed by atoms with E-state index in [0.29, 0.717) is 11.7 Å². The van der Waals surface area contributed by atoms with Gasteiger partial charge in [-0.3, -0.25) is 4.79 Å². The fourth-order valence-electron chi connectivity index (χ4n) is 4.17. The Hall–Kier alpha value is -0.850. The highest BCUT2D eigenvalue weighted by molar-refractivity contribution is 5.93. The Balaban J connectivity index is 2.13. The van der Waals surface area contributed by atoms with Crippen molar-refractivity contribution in [1.29, 1.82) is 0 Å². The molecule has 1 nitrogen and oxygen atoms in total. The Bertz CT molecular complexity index is 517. The molecule has 0 aromatic carbocycles. The molecule has 2 saturated carbocycles. The number of hydrogen-bond donors (Lipinski definition) is 0. The van der Waals surface area contributed by atoms with Gasteiger partial charge in [0.25, 0.3) is 0 Å². The molecule has 0 bridgehead atoms. The maximum Gasteiger partial charge on any atom is 0.140 e. The Morgan fingerprint density at radius 2 is 1.47 bits per heavy atom. The largest absolute Gasteiger partial charge is 0.299 e. The maximum absolute atomic E-state index is 12.0. The van der Waals surface area contributed by atoms with Crippen LogP contribution in [-0.4, -0.2) is 5.78 Å². The molecule has 19 heavy (non-hydrogen) atoms. The fourth-order valence-corrected chi connectivity index (χ4v) is 4.17. The van der Waals surface area contributed by atoms with Gasteiger partial charge in [0.2, 0.25) is 0 Å². The topological polar surface area (TPSA) is 17.1 Å². The van der Waals surface area contributed by atoms with Crippen molar-refractivity contribution < 1.29 is 4.79 Å². The van der Waals surface area contributed by atoms with Crippen LogP contribution in [0.4, 0.5) is 0 Å². The van der Waals surface area contributed by atoms with E-state index >= 15 is 0 Å². The quantitative estimate of drug-likeness (QED) is 0.616. The van der Waals surface area contributed by atoms with Crippen LogP contribution in [0.1, 0.15) is 60.8 Å². The molecule has 104 valence electrons. The zero-order valence-electron chi connectivity index (χ0n) is 13.2. The van der Waals surface area contributed by atoms with Gasteiger partial charge in [-0.05, 0) is 40.7 Å². The Labute approximate surface area is 117 Å². The minimum absolute atomic E-state index is 0.193. The lowest BCUT2D eigenvalue weighted by Gasteiger charge is -2.33. The second kappa shape index (κ2) is 3.62. The zero-order valence-corrected chi connectivity index (χ0v) is 13.2. The summed E-state index contributed by atoms with van der Waals surface area (Å²) in [6.07, 6.45) is 3.10. The second-order valence-electron chi connectivity index (χ2n) is 8.64. The molecule has 2 fully saturated rings. The predicted molar refractivity (Wildman–Crippen MR) is 78.8 cm³/mol. The lowest BCUT2D eigenvalue weighted by molar-refractivity contribution is -0.130. The number of ketones is 1. The molecule has 0 spiro atoms. The van der Waals surface area contributed by atoms with Crippen molar-refractivity contribution in [2.75, 3.05) is 0 Å². The van der Waals surface area contributed by atoms with Crippen LogP contribution in [-0.2, 0) is 4.79 Å². The first-order valence-electron chi connectivity index (χ1n) is 7.60. The van der Waals surface area contributed by atoms with E-state index in [9.17, 15) is 4.79 Å². The third-order valence-corrected chi connectivity index (χ3v) is 5.24. The molecule has 3 aliphatic rings. The third-order valence-electron chi connectivity index (χ3n) is 5.24. The number of carbonyl (C=O) groups is 1. The monoisotopic (exact) mass is 258 g/mol. The number of allylic oxidation sites excluding steroid dienone is 4. The summed E-state index contributed by atoms with van der Waals surface area (Å²) in [6.45, 7) is 13.9. The van der Waals surface area contributed by atoms with Crippen molar-refractivity contribution in [3.63, 3.8) is 0 Å². The lowest BCUT2D eigenvalue weighted by atomic mass is 9.70. The van der Waals surface area contributed by atoms with Crippen LogP contribution in [0.2, 0.25) is 0 Å². The molecule has 0 aromatic rings. The minimum atomic E-state index is 0.193. The van der Waals surface area contributed by atoms with Gasteiger partial charge in [0.15, 0.2) is 0 Å². The Morgan fingerprint density at radius 1 is 0.895 bits per heavy atom. The third kappa shape index (κ3) is 1.77. The summed E-state index contributed by atoms with van der Waals surface area (Å²) in [6, 6.07) is 0. The van der Waals surface area contributed by atoms with E-state index in [0.717, 1.165) is 19.3 Å². The first-order valence-corrected chi connectivity index (χ1v) is 7.60. The van der Waals surface area contributed by atoms with Crippen molar-refractivity contribution in [2.24, 2.45) is 22.7 Å². The van der Waals surface area contributed by atoms with E-state index in [4.69, 9.17) is 0 Å². The average molecular weight is 258 g/mol. The molecule has 0 amide bonds. The van der Waals surface area contributed by atoms with Crippen molar-refractivity contribution in [1.82, 2.24) is 0 Å². The molecule has 0 radical (unpaired) electrons. The molecular weight excluding hydrogens is 232 g/mol. The number of Topliss-reactive ketones (excluding diaryl/α,β-unsaturated/α-hetero) is 1. The first-order chi connectivity index (χ1) is 8.60. The molecule has 2 unspecified atom stereocenters. The summed E-state index contributed by atoms with van der Waals surface area (Å²) in [4.78, 5) is 12.0. The van der Waals surface area contributed by atoms with E-state index in [1.807, 2.05) is 0 Å². The van der Waals surface area contributed by atoms with Crippen LogP contribution in [0.3, 0.4) is 0 Å². The van der Waals surface area contributed by atoms with Gasteiger partial charge in [0.1, 0.15) is 5.78 Å². The van der Waals surface area contributed by atoms with Gasteiger partial charge in [-0.2, -0.15) is 0 Å². The number of carbonyl (C=O) groups excluding carboxylic acids is 1. The summed E-state index contributed by atoms with van der Waals surface area (Å²) in [5.74, 6) is 1.39. The molecule has 0 heterocycles. The highest BCUT2D eigenvalue weighted by atomic mass is 16.1. The Morgan fingerprint density at radius 3 is 1.95 bits per heavy atom. The molecule has 3 rings (SSSR count). The van der Waals surface area contributed by atoms with Gasteiger partial charge in [-0.1, -0.05) is 52.7 Å². The van der Waals surface area contributed by atoms with Crippen LogP contribution in [0.5, 0.6) is 0 Å². The second-order valence-corrected chi connectivity index (χ2v) is 8.64. The lowest BCUT2D eigenvalue weighted by Crippen LogP contribution is -2.34. The summed E-state index contributed by atoms with van der Waals surface area (Å²) in [5, 5.41) is 0. The first kappa shape index (κ1) is 13.1. The van der Waals surface area contributed by atoms with Crippen LogP contribution >= 0.6 is 0 Å². The van der Waals surface area contributed by atoms with Crippen molar-refractivity contribution >= 4 is 5.78 Å². The highest BCUT2D eigenvalue weighted by Gasteiger charge is 2.53. The van der Waals surface area contributed by atoms with E-state index in [1.165, 1.54) is 5.57 Å². The molecule has 0 aliphatic heterocycles. The average Bonchev–Trinajstić information content (AvgIpc) is 2.66. The molecule has 0 saturated heterocycles. The molecule has 0 N–H and O–H groups in total. The molecule has 3 aliphatic carbocycles. The van der Waals surface area contributed by atoms with E-state index < -0.39 is 0 Å². The van der Waals surface area contributed by atoms with Crippen LogP contribution < -0.4 is 0 Å². The molecular formula is C18H26O. The van der Waals surface area contributed by atoms with Crippen molar-refractivity contribution in [2.45, 2.75) is 60.8 Å². The zero-order chi connectivity index (χ0) is 14.2. The summed E-state index contributed by atoms with van der Waals surface area (Å²) < 4.78 is 0.